The summed E-state index contributed by atoms with van der Waals surface area (Å²) in [4.78, 5) is 4.29. The van der Waals surface area contributed by atoms with Gasteiger partial charge in [-0.25, -0.2) is 5.10 Å². The summed E-state index contributed by atoms with van der Waals surface area (Å²) in [6.07, 6.45) is 0. The van der Waals surface area contributed by atoms with Crippen molar-refractivity contribution >= 4 is 17.6 Å². The summed E-state index contributed by atoms with van der Waals surface area (Å²) in [7, 11) is 0. The summed E-state index contributed by atoms with van der Waals surface area (Å²) >= 11 is 0. The molecule has 17 heavy (non-hydrogen) atoms. The average molecular weight is 231 g/mol. The van der Waals surface area contributed by atoms with E-state index in [9.17, 15) is 0 Å². The molecule has 2 aromatic rings. The molecule has 0 bridgehead atoms. The highest BCUT2D eigenvalue weighted by molar-refractivity contribution is 5.54. The van der Waals surface area contributed by atoms with Crippen LogP contribution >= 0.6 is 0 Å². The number of rotatable bonds is 4. The van der Waals surface area contributed by atoms with Gasteiger partial charge in [0.15, 0.2) is 0 Å². The van der Waals surface area contributed by atoms with Crippen LogP contribution < -0.4 is 10.6 Å². The third kappa shape index (κ3) is 3.21. The van der Waals surface area contributed by atoms with E-state index in [-0.39, 0.29) is 0 Å². The fraction of sp³-hybridized carbons (Fsp3) is 0.333. The maximum Gasteiger partial charge on any atom is 0.243 e. The van der Waals surface area contributed by atoms with Crippen molar-refractivity contribution in [2.24, 2.45) is 0 Å². The number of nitrogens with zero attached hydrogens (tertiary/aromatic N) is 2. The second-order valence-electron chi connectivity index (χ2n) is 4.30. The Morgan fingerprint density at radius 2 is 2.12 bits per heavy atom. The first-order valence-corrected chi connectivity index (χ1v) is 5.66. The first-order valence-electron chi connectivity index (χ1n) is 5.66. The van der Waals surface area contributed by atoms with Crippen LogP contribution in [0.4, 0.5) is 17.6 Å². The van der Waals surface area contributed by atoms with E-state index in [0.29, 0.717) is 17.9 Å². The molecular formula is C12H17N5. The van der Waals surface area contributed by atoms with Crippen LogP contribution in [0.3, 0.4) is 0 Å². The Labute approximate surface area is 101 Å². The van der Waals surface area contributed by atoms with E-state index in [0.717, 1.165) is 5.69 Å². The number of aromatic amines is 1. The second kappa shape index (κ2) is 4.86. The average Bonchev–Trinajstić information content (AvgIpc) is 2.64. The molecule has 1 heterocycles. The van der Waals surface area contributed by atoms with E-state index < -0.39 is 0 Å². The van der Waals surface area contributed by atoms with Gasteiger partial charge in [0.25, 0.3) is 0 Å². The molecule has 0 radical (unpaired) electrons. The summed E-state index contributed by atoms with van der Waals surface area (Å²) in [6.45, 7) is 6.14. The minimum Gasteiger partial charge on any atom is -0.351 e. The van der Waals surface area contributed by atoms with Crippen molar-refractivity contribution in [1.29, 1.82) is 0 Å². The third-order valence-corrected chi connectivity index (χ3v) is 2.18. The third-order valence-electron chi connectivity index (χ3n) is 2.18. The lowest BCUT2D eigenvalue weighted by molar-refractivity contribution is 0.876. The molecular weight excluding hydrogens is 214 g/mol. The van der Waals surface area contributed by atoms with Crippen LogP contribution in [0, 0.1) is 6.92 Å². The van der Waals surface area contributed by atoms with Gasteiger partial charge in [-0.3, -0.25) is 0 Å². The zero-order valence-electron chi connectivity index (χ0n) is 10.3. The summed E-state index contributed by atoms with van der Waals surface area (Å²) in [5.74, 6) is 1.24. The number of H-pyrrole nitrogens is 1. The van der Waals surface area contributed by atoms with Crippen molar-refractivity contribution in [3.05, 3.63) is 29.8 Å². The lowest BCUT2D eigenvalue weighted by Gasteiger charge is -2.04. The minimum atomic E-state index is 0.317. The molecule has 3 N–H and O–H groups in total. The number of anilines is 3. The van der Waals surface area contributed by atoms with Gasteiger partial charge in [0.2, 0.25) is 11.9 Å². The van der Waals surface area contributed by atoms with Gasteiger partial charge in [-0.05, 0) is 38.5 Å². The molecule has 90 valence electrons. The van der Waals surface area contributed by atoms with Crippen molar-refractivity contribution in [1.82, 2.24) is 15.2 Å². The highest BCUT2D eigenvalue weighted by Gasteiger charge is 2.03. The first-order chi connectivity index (χ1) is 8.13. The molecule has 1 aromatic heterocycles. The number of aryl methyl sites for hydroxylation is 1. The molecule has 1 aromatic carbocycles. The van der Waals surface area contributed by atoms with Gasteiger partial charge in [0.05, 0.1) is 0 Å². The van der Waals surface area contributed by atoms with Crippen LogP contribution in [0.25, 0.3) is 0 Å². The number of nitrogens with one attached hydrogen (secondary N) is 3. The zero-order chi connectivity index (χ0) is 12.3. The highest BCUT2D eigenvalue weighted by atomic mass is 15.3. The van der Waals surface area contributed by atoms with Crippen molar-refractivity contribution in [3.63, 3.8) is 0 Å². The Morgan fingerprint density at radius 3 is 2.82 bits per heavy atom. The normalized spacial score (nSPS) is 10.6. The highest BCUT2D eigenvalue weighted by Crippen LogP contribution is 2.15. The maximum atomic E-state index is 4.29. The lowest BCUT2D eigenvalue weighted by Crippen LogP contribution is -2.10. The van der Waals surface area contributed by atoms with Crippen LogP contribution in [-0.4, -0.2) is 21.2 Å². The summed E-state index contributed by atoms with van der Waals surface area (Å²) in [5, 5.41) is 13.2. The quantitative estimate of drug-likeness (QED) is 0.757. The van der Waals surface area contributed by atoms with Gasteiger partial charge in [0, 0.05) is 11.7 Å². The van der Waals surface area contributed by atoms with E-state index in [4.69, 9.17) is 0 Å². The van der Waals surface area contributed by atoms with Gasteiger partial charge in [-0.1, -0.05) is 12.1 Å². The molecule has 5 heteroatoms. The summed E-state index contributed by atoms with van der Waals surface area (Å²) < 4.78 is 0. The van der Waals surface area contributed by atoms with E-state index >= 15 is 0 Å². The van der Waals surface area contributed by atoms with Gasteiger partial charge in [-0.2, -0.15) is 4.98 Å². The second-order valence-corrected chi connectivity index (χ2v) is 4.30. The minimum absolute atomic E-state index is 0.317. The fourth-order valence-corrected chi connectivity index (χ4v) is 1.50. The Morgan fingerprint density at radius 1 is 1.29 bits per heavy atom. The first kappa shape index (κ1) is 11.4. The topological polar surface area (TPSA) is 65.6 Å². The van der Waals surface area contributed by atoms with Crippen LogP contribution in [0.15, 0.2) is 24.3 Å². The SMILES string of the molecule is Cc1cccc(Nc2nc(NC(C)C)n[nH]2)c1. The van der Waals surface area contributed by atoms with Crippen molar-refractivity contribution in [2.45, 2.75) is 26.8 Å². The monoisotopic (exact) mass is 231 g/mol. The summed E-state index contributed by atoms with van der Waals surface area (Å²) in [5.41, 5.74) is 2.20. The smallest absolute Gasteiger partial charge is 0.243 e. The van der Waals surface area contributed by atoms with Gasteiger partial charge >= 0.3 is 0 Å². The zero-order valence-corrected chi connectivity index (χ0v) is 10.3. The van der Waals surface area contributed by atoms with E-state index in [1.807, 2.05) is 26.0 Å². The number of hydrogen-bond acceptors (Lipinski definition) is 4. The Hall–Kier alpha value is -2.04. The molecule has 2 rings (SSSR count). The van der Waals surface area contributed by atoms with Gasteiger partial charge in [-0.15, -0.1) is 5.10 Å². The fourth-order valence-electron chi connectivity index (χ4n) is 1.50. The van der Waals surface area contributed by atoms with E-state index in [1.54, 1.807) is 0 Å². The molecule has 0 saturated heterocycles. The Kier molecular flexibility index (Phi) is 3.27. The molecule has 0 aliphatic rings. The van der Waals surface area contributed by atoms with Crippen molar-refractivity contribution in [2.75, 3.05) is 10.6 Å². The molecule has 0 aliphatic heterocycles. The molecule has 5 nitrogen and oxygen atoms in total. The molecule has 0 saturated carbocycles. The van der Waals surface area contributed by atoms with Crippen LogP contribution in [0.1, 0.15) is 19.4 Å². The van der Waals surface area contributed by atoms with Crippen LogP contribution in [-0.2, 0) is 0 Å². The number of hydrogen-bond donors (Lipinski definition) is 3. The van der Waals surface area contributed by atoms with Gasteiger partial charge < -0.3 is 10.6 Å². The van der Waals surface area contributed by atoms with Gasteiger partial charge in [0.1, 0.15) is 0 Å². The van der Waals surface area contributed by atoms with Crippen molar-refractivity contribution in [3.8, 4) is 0 Å². The summed E-state index contributed by atoms with van der Waals surface area (Å²) in [6, 6.07) is 8.42. The maximum absolute atomic E-state index is 4.29. The molecule has 0 aliphatic carbocycles. The predicted molar refractivity (Wildman–Crippen MR) is 69.6 cm³/mol. The van der Waals surface area contributed by atoms with Crippen molar-refractivity contribution < 1.29 is 0 Å². The number of benzene rings is 1. The van der Waals surface area contributed by atoms with Crippen LogP contribution in [0.2, 0.25) is 0 Å². The molecule has 0 fully saturated rings. The Balaban J connectivity index is 2.06. The van der Waals surface area contributed by atoms with Crippen LogP contribution in [0.5, 0.6) is 0 Å². The molecule has 0 amide bonds. The number of aromatic nitrogens is 3. The standard InChI is InChI=1S/C12H17N5/c1-8(2)13-11-15-12(17-16-11)14-10-6-4-5-9(3)7-10/h4-8H,1-3H3,(H3,13,14,15,16,17). The lowest BCUT2D eigenvalue weighted by atomic mass is 10.2. The molecule has 0 atom stereocenters. The molecule has 0 unspecified atom stereocenters. The molecule has 0 spiro atoms. The van der Waals surface area contributed by atoms with E-state index in [2.05, 4.69) is 44.9 Å². The predicted octanol–water partition coefficient (Wildman–Crippen LogP) is 2.68. The van der Waals surface area contributed by atoms with E-state index in [1.165, 1.54) is 5.56 Å². The Bertz CT molecular complexity index is 489. The largest absolute Gasteiger partial charge is 0.351 e.